The third-order valence-electron chi connectivity index (χ3n) is 2.54. The Morgan fingerprint density at radius 3 is 2.26 bits per heavy atom. The van der Waals surface area contributed by atoms with E-state index in [0.717, 1.165) is 15.3 Å². The summed E-state index contributed by atoms with van der Waals surface area (Å²) >= 11 is -1.88. The number of carbonyl (C=O) groups is 1. The van der Waals surface area contributed by atoms with Gasteiger partial charge in [-0.1, -0.05) is 0 Å². The second kappa shape index (κ2) is 8.21. The van der Waals surface area contributed by atoms with Gasteiger partial charge in [-0.15, -0.1) is 0 Å². The molecule has 0 aliphatic heterocycles. The van der Waals surface area contributed by atoms with Crippen molar-refractivity contribution < 1.29 is 36.2 Å². The second-order valence-corrected chi connectivity index (χ2v) is 18.1. The van der Waals surface area contributed by atoms with Gasteiger partial charge in [0.15, 0.2) is 0 Å². The Hall–Kier alpha value is -0.150. The van der Waals surface area contributed by atoms with Gasteiger partial charge in [-0.05, 0) is 0 Å². The molecule has 0 aliphatic rings. The summed E-state index contributed by atoms with van der Waals surface area (Å²) < 4.78 is 31.9. The fraction of sp³-hybridized carbons (Fsp3) is 0.750. The van der Waals surface area contributed by atoms with Crippen molar-refractivity contribution in [2.75, 3.05) is 31.0 Å². The quantitative estimate of drug-likeness (QED) is 0.149. The fourth-order valence-electron chi connectivity index (χ4n) is 1.47. The van der Waals surface area contributed by atoms with E-state index in [1.807, 2.05) is 0 Å². The predicted molar refractivity (Wildman–Crippen MR) is 75.1 cm³/mol. The van der Waals surface area contributed by atoms with E-state index in [0.29, 0.717) is 18.5 Å². The van der Waals surface area contributed by atoms with Crippen molar-refractivity contribution in [2.24, 2.45) is 0 Å². The van der Waals surface area contributed by atoms with Gasteiger partial charge in [0.2, 0.25) is 0 Å². The Balaban J connectivity index is 3.85. The number of carbonyl (C=O) groups excluding carboxylic acids is 1. The van der Waals surface area contributed by atoms with E-state index < -0.39 is 28.6 Å². The molecule has 0 radical (unpaired) electrons. The molecule has 2 N–H and O–H groups in total. The molecular weight excluding hydrogens is 381 g/mol. The van der Waals surface area contributed by atoms with E-state index in [1.165, 1.54) is 0 Å². The average molecular weight is 406 g/mol. The minimum atomic E-state index is -3.83. The van der Waals surface area contributed by atoms with Crippen LogP contribution in [0.25, 0.3) is 0 Å². The molecule has 0 fully saturated rings. The van der Waals surface area contributed by atoms with E-state index in [9.17, 15) is 13.2 Å². The van der Waals surface area contributed by atoms with E-state index in [1.54, 1.807) is 6.92 Å². The Kier molecular flexibility index (Phi) is 8.14. The van der Waals surface area contributed by atoms with Gasteiger partial charge >= 0.3 is 120 Å². The van der Waals surface area contributed by atoms with E-state index in [2.05, 4.69) is 21.8 Å². The van der Waals surface area contributed by atoms with E-state index in [-0.39, 0.29) is 11.7 Å². The molecule has 0 saturated carbocycles. The molecule has 0 heterocycles. The molecule has 0 unspecified atom stereocenters. The van der Waals surface area contributed by atoms with Crippen LogP contribution in [0.2, 0.25) is 0 Å². The average Bonchev–Trinajstić information content (AvgIpc) is 2.21. The molecule has 0 aromatic heterocycles. The van der Waals surface area contributed by atoms with Crippen LogP contribution < -0.4 is 23.8 Å². The van der Waals surface area contributed by atoms with Crippen molar-refractivity contribution in [1.82, 2.24) is 5.32 Å². The molecule has 0 saturated heterocycles. The van der Waals surface area contributed by atoms with Gasteiger partial charge in [-0.2, -0.15) is 0 Å². The summed E-state index contributed by atoms with van der Waals surface area (Å²) in [4.78, 5) is 15.7. The molecule has 0 aromatic carbocycles. The first-order valence-corrected chi connectivity index (χ1v) is 15.0. The van der Waals surface area contributed by atoms with Crippen LogP contribution in [0.1, 0.15) is 19.8 Å². The van der Waals surface area contributed by atoms with Crippen LogP contribution in [0.4, 0.5) is 0 Å². The minimum absolute atomic E-state index is 0.115. The van der Waals surface area contributed by atoms with Crippen LogP contribution in [0, 0.1) is 0 Å². The maximum absolute atomic E-state index is 11.3. The zero-order valence-corrected chi connectivity index (χ0v) is 14.9. The van der Waals surface area contributed by atoms with E-state index >= 15 is 0 Å². The van der Waals surface area contributed by atoms with Crippen molar-refractivity contribution >= 4 is 16.0 Å². The molecule has 0 aromatic rings. The Morgan fingerprint density at radius 1 is 1.26 bits per heavy atom. The number of amides is 1. The number of nitrogens with one attached hydrogen (secondary N) is 1. The van der Waals surface area contributed by atoms with Crippen molar-refractivity contribution in [2.45, 2.75) is 19.8 Å². The molecule has 0 bridgehead atoms. The molecule has 0 atom stereocenters. The molecule has 116 valence electrons. The molecule has 0 rings (SSSR count). The zero-order chi connectivity index (χ0) is 15.1. The first-order valence-electron chi connectivity index (χ1n) is 6.01. The number of rotatable bonds is 9. The van der Waals surface area contributed by atoms with Crippen molar-refractivity contribution in [1.29, 1.82) is 0 Å². The fourth-order valence-corrected chi connectivity index (χ4v) is 7.93. The normalized spacial score (nSPS) is 13.1. The second-order valence-electron chi connectivity index (χ2n) is 5.04. The Morgan fingerprint density at radius 2 is 1.79 bits per heavy atom. The predicted octanol–water partition coefficient (Wildman–Crippen LogP) is -2.23. The summed E-state index contributed by atoms with van der Waals surface area (Å²) in [5.41, 5.74) is 0.508. The number of halogens is 1. The SMILES string of the molecule is C=C(C)C(=O)NCCC[I-](C)(C)CCCS(=O)(=O)O. The number of hydrogen-bond acceptors (Lipinski definition) is 3. The summed E-state index contributed by atoms with van der Waals surface area (Å²) in [5.74, 6) is -0.262. The Bertz CT molecular complexity index is 417. The molecule has 19 heavy (non-hydrogen) atoms. The zero-order valence-electron chi connectivity index (χ0n) is 11.9. The van der Waals surface area contributed by atoms with E-state index in [4.69, 9.17) is 4.55 Å². The van der Waals surface area contributed by atoms with Gasteiger partial charge in [0, 0.05) is 0 Å². The van der Waals surface area contributed by atoms with Crippen molar-refractivity contribution in [3.8, 4) is 0 Å². The molecular formula is C12H25INO4S-. The summed E-state index contributed by atoms with van der Waals surface area (Å²) in [6.07, 6.45) is 1.44. The van der Waals surface area contributed by atoms with Gasteiger partial charge in [0.05, 0.1) is 0 Å². The summed E-state index contributed by atoms with van der Waals surface area (Å²) in [6.45, 7) is 5.87. The monoisotopic (exact) mass is 406 g/mol. The molecule has 5 nitrogen and oxygen atoms in total. The first kappa shape index (κ1) is 18.9. The number of alkyl halides is 4. The summed E-state index contributed by atoms with van der Waals surface area (Å²) in [5, 5.41) is 2.79. The summed E-state index contributed by atoms with van der Waals surface area (Å²) in [6, 6.07) is 0. The third kappa shape index (κ3) is 11.4. The molecule has 7 heteroatoms. The van der Waals surface area contributed by atoms with Gasteiger partial charge < -0.3 is 0 Å². The van der Waals surface area contributed by atoms with Crippen LogP contribution in [-0.4, -0.2) is 49.9 Å². The van der Waals surface area contributed by atoms with Crippen molar-refractivity contribution in [3.63, 3.8) is 0 Å². The summed E-state index contributed by atoms with van der Waals surface area (Å²) in [7, 11) is -3.83. The van der Waals surface area contributed by atoms with Crippen molar-refractivity contribution in [3.05, 3.63) is 12.2 Å². The topological polar surface area (TPSA) is 83.5 Å². The van der Waals surface area contributed by atoms with Crippen LogP contribution in [0.3, 0.4) is 0 Å². The van der Waals surface area contributed by atoms with Crippen LogP contribution in [-0.2, 0) is 14.9 Å². The molecule has 0 aliphatic carbocycles. The van der Waals surface area contributed by atoms with Gasteiger partial charge in [-0.25, -0.2) is 0 Å². The molecule has 1 amide bonds. The first-order chi connectivity index (χ1) is 8.53. The standard InChI is InChI=1S/C12H25INO4S/c1-11(2)12(15)14-9-5-7-13(3,4)8-6-10-19(16,17)18/h1,5-10H2,2-4H3,(H,14,15)(H,16,17,18)/q-1. The van der Waals surface area contributed by atoms with Gasteiger partial charge in [-0.3, -0.25) is 0 Å². The number of hydrogen-bond donors (Lipinski definition) is 2. The van der Waals surface area contributed by atoms with Gasteiger partial charge in [0.25, 0.3) is 0 Å². The molecule has 0 spiro atoms. The van der Waals surface area contributed by atoms with Gasteiger partial charge in [0.1, 0.15) is 0 Å². The van der Waals surface area contributed by atoms with Crippen LogP contribution >= 0.6 is 0 Å². The maximum atomic E-state index is 11.3. The third-order valence-corrected chi connectivity index (χ3v) is 10.7. The van der Waals surface area contributed by atoms with Crippen LogP contribution in [0.15, 0.2) is 12.2 Å². The van der Waals surface area contributed by atoms with Crippen LogP contribution in [0.5, 0.6) is 0 Å². The Labute approximate surface area is 120 Å².